The van der Waals surface area contributed by atoms with Gasteiger partial charge in [-0.15, -0.1) is 0 Å². The molecule has 0 saturated carbocycles. The molecule has 27 heavy (non-hydrogen) atoms. The van der Waals surface area contributed by atoms with E-state index >= 15 is 0 Å². The molecule has 6 heteroatoms. The molecule has 2 aromatic carbocycles. The average molecular weight is 363 g/mol. The van der Waals surface area contributed by atoms with Crippen LogP contribution in [0.1, 0.15) is 29.5 Å². The lowest BCUT2D eigenvalue weighted by Gasteiger charge is -2.35. The van der Waals surface area contributed by atoms with E-state index in [0.717, 1.165) is 41.8 Å². The van der Waals surface area contributed by atoms with Gasteiger partial charge in [-0.3, -0.25) is 14.4 Å². The summed E-state index contributed by atoms with van der Waals surface area (Å²) in [6.07, 6.45) is 2.92. The summed E-state index contributed by atoms with van der Waals surface area (Å²) >= 11 is 0. The topological polar surface area (TPSA) is 78.5 Å². The first kappa shape index (κ1) is 17.3. The zero-order valence-corrected chi connectivity index (χ0v) is 15.2. The van der Waals surface area contributed by atoms with Gasteiger partial charge in [0.25, 0.3) is 0 Å². The van der Waals surface area contributed by atoms with E-state index in [1.54, 1.807) is 12.1 Å². The molecule has 0 fully saturated rings. The zero-order chi connectivity index (χ0) is 19.0. The number of anilines is 3. The molecular formula is C21H21N3O3. The molecule has 4 rings (SSSR count). The van der Waals surface area contributed by atoms with Crippen molar-refractivity contribution in [2.75, 3.05) is 22.1 Å². The highest BCUT2D eigenvalue weighted by atomic mass is 16.2. The normalized spacial score (nSPS) is 15.1. The van der Waals surface area contributed by atoms with E-state index in [1.165, 1.54) is 0 Å². The van der Waals surface area contributed by atoms with Gasteiger partial charge in [-0.05, 0) is 67.1 Å². The molecule has 0 radical (unpaired) electrons. The second-order valence-corrected chi connectivity index (χ2v) is 7.07. The molecular weight excluding hydrogens is 342 g/mol. The number of carbonyl (C=O) groups is 3. The van der Waals surface area contributed by atoms with Crippen molar-refractivity contribution < 1.29 is 14.4 Å². The number of benzene rings is 2. The van der Waals surface area contributed by atoms with E-state index in [0.29, 0.717) is 24.2 Å². The van der Waals surface area contributed by atoms with Crippen LogP contribution in [0.15, 0.2) is 36.4 Å². The van der Waals surface area contributed by atoms with Crippen LogP contribution in [0.3, 0.4) is 0 Å². The first-order chi connectivity index (χ1) is 13.0. The third-order valence-corrected chi connectivity index (χ3v) is 5.01. The number of aryl methyl sites for hydroxylation is 3. The molecule has 138 valence electrons. The van der Waals surface area contributed by atoms with Gasteiger partial charge in [0.2, 0.25) is 5.91 Å². The maximum atomic E-state index is 12.3. The van der Waals surface area contributed by atoms with Crippen LogP contribution in [-0.4, -0.2) is 24.3 Å². The molecule has 2 aliphatic heterocycles. The minimum absolute atomic E-state index is 0.165. The number of nitrogens with zero attached hydrogens (tertiary/aromatic N) is 1. The number of hydrogen-bond acceptors (Lipinski definition) is 3. The summed E-state index contributed by atoms with van der Waals surface area (Å²) in [4.78, 5) is 38.5. The molecule has 0 unspecified atom stereocenters. The Morgan fingerprint density at radius 1 is 0.926 bits per heavy atom. The third-order valence-electron chi connectivity index (χ3n) is 5.01. The van der Waals surface area contributed by atoms with E-state index in [-0.39, 0.29) is 5.91 Å². The maximum absolute atomic E-state index is 12.3. The first-order valence-electron chi connectivity index (χ1n) is 9.16. The lowest BCUT2D eigenvalue weighted by molar-refractivity contribution is -0.133. The van der Waals surface area contributed by atoms with Crippen molar-refractivity contribution >= 4 is 34.8 Å². The summed E-state index contributed by atoms with van der Waals surface area (Å²) in [6.45, 7) is 2.67. The molecule has 0 atom stereocenters. The number of carbonyl (C=O) groups excluding carboxylic acids is 3. The lowest BCUT2D eigenvalue weighted by atomic mass is 9.91. The Kier molecular flexibility index (Phi) is 4.39. The number of rotatable bonds is 2. The van der Waals surface area contributed by atoms with Gasteiger partial charge in [-0.1, -0.05) is 12.1 Å². The first-order valence-corrected chi connectivity index (χ1v) is 9.16. The van der Waals surface area contributed by atoms with E-state index < -0.39 is 11.8 Å². The quantitative estimate of drug-likeness (QED) is 0.806. The summed E-state index contributed by atoms with van der Waals surface area (Å²) in [7, 11) is 0. The molecule has 0 saturated heterocycles. The van der Waals surface area contributed by atoms with Crippen molar-refractivity contribution in [3.05, 3.63) is 53.1 Å². The Labute approximate surface area is 157 Å². The predicted molar refractivity (Wildman–Crippen MR) is 104 cm³/mol. The van der Waals surface area contributed by atoms with Gasteiger partial charge in [0.05, 0.1) is 5.69 Å². The molecule has 2 aliphatic rings. The fraction of sp³-hybridized carbons (Fsp3) is 0.286. The second-order valence-electron chi connectivity index (χ2n) is 7.07. The largest absolute Gasteiger partial charge is 0.318 e. The van der Waals surface area contributed by atoms with Gasteiger partial charge < -0.3 is 15.5 Å². The van der Waals surface area contributed by atoms with Crippen molar-refractivity contribution in [1.29, 1.82) is 0 Å². The highest BCUT2D eigenvalue weighted by Gasteiger charge is 2.30. The smallest absolute Gasteiger partial charge is 0.314 e. The number of nitrogens with one attached hydrogen (secondary N) is 2. The van der Waals surface area contributed by atoms with Gasteiger partial charge in [-0.2, -0.15) is 0 Å². The number of amides is 3. The SMILES string of the molecule is Cc1cccc(NC(=O)C(=O)Nc2cc3c4c(c2)CCC(=O)N4CCC3)c1. The maximum Gasteiger partial charge on any atom is 0.314 e. The van der Waals surface area contributed by atoms with Crippen LogP contribution < -0.4 is 15.5 Å². The summed E-state index contributed by atoms with van der Waals surface area (Å²) in [6, 6.07) is 11.0. The van der Waals surface area contributed by atoms with Crippen molar-refractivity contribution in [3.63, 3.8) is 0 Å². The van der Waals surface area contributed by atoms with Crippen molar-refractivity contribution in [2.24, 2.45) is 0 Å². The summed E-state index contributed by atoms with van der Waals surface area (Å²) in [5.74, 6) is -1.25. The molecule has 0 aliphatic carbocycles. The minimum atomic E-state index is -0.705. The van der Waals surface area contributed by atoms with E-state index in [2.05, 4.69) is 10.6 Å². The molecule has 3 amide bonds. The van der Waals surface area contributed by atoms with Crippen LogP contribution in [0.5, 0.6) is 0 Å². The van der Waals surface area contributed by atoms with Gasteiger partial charge in [0.1, 0.15) is 0 Å². The summed E-state index contributed by atoms with van der Waals surface area (Å²) in [5, 5.41) is 5.31. The Balaban J connectivity index is 1.52. The van der Waals surface area contributed by atoms with Crippen LogP contribution >= 0.6 is 0 Å². The molecule has 0 aromatic heterocycles. The van der Waals surface area contributed by atoms with Crippen LogP contribution in [0.25, 0.3) is 0 Å². The van der Waals surface area contributed by atoms with Crippen LogP contribution in [0.2, 0.25) is 0 Å². The fourth-order valence-corrected chi connectivity index (χ4v) is 3.82. The second kappa shape index (κ2) is 6.87. The molecule has 2 aromatic rings. The van der Waals surface area contributed by atoms with Gasteiger partial charge in [-0.25, -0.2) is 0 Å². The Hall–Kier alpha value is -3.15. The van der Waals surface area contributed by atoms with Crippen LogP contribution in [0.4, 0.5) is 17.1 Å². The standard InChI is InChI=1S/C21H21N3O3/c1-13-4-2-6-16(10-13)22-20(26)21(27)23-17-11-14-5-3-9-24-18(25)8-7-15(12-17)19(14)24/h2,4,6,10-12H,3,5,7-9H2,1H3,(H,22,26)(H,23,27). The minimum Gasteiger partial charge on any atom is -0.318 e. The van der Waals surface area contributed by atoms with E-state index in [1.807, 2.05) is 36.1 Å². The van der Waals surface area contributed by atoms with E-state index in [4.69, 9.17) is 0 Å². The van der Waals surface area contributed by atoms with Crippen LogP contribution in [-0.2, 0) is 27.2 Å². The highest BCUT2D eigenvalue weighted by molar-refractivity contribution is 6.43. The lowest BCUT2D eigenvalue weighted by Crippen LogP contribution is -2.39. The number of hydrogen-bond donors (Lipinski definition) is 2. The van der Waals surface area contributed by atoms with Crippen molar-refractivity contribution in [2.45, 2.75) is 32.6 Å². The average Bonchev–Trinajstić information content (AvgIpc) is 2.64. The molecule has 0 spiro atoms. The van der Waals surface area contributed by atoms with Crippen molar-refractivity contribution in [1.82, 2.24) is 0 Å². The zero-order valence-electron chi connectivity index (χ0n) is 15.2. The van der Waals surface area contributed by atoms with Gasteiger partial charge in [0, 0.05) is 24.3 Å². The van der Waals surface area contributed by atoms with Crippen molar-refractivity contribution in [3.8, 4) is 0 Å². The predicted octanol–water partition coefficient (Wildman–Crippen LogP) is 2.80. The van der Waals surface area contributed by atoms with Crippen LogP contribution in [0, 0.1) is 6.92 Å². The summed E-state index contributed by atoms with van der Waals surface area (Å²) in [5.41, 5.74) is 5.30. The molecule has 0 bridgehead atoms. The monoisotopic (exact) mass is 363 g/mol. The van der Waals surface area contributed by atoms with Gasteiger partial charge >= 0.3 is 11.8 Å². The van der Waals surface area contributed by atoms with Gasteiger partial charge in [0.15, 0.2) is 0 Å². The molecule has 6 nitrogen and oxygen atoms in total. The van der Waals surface area contributed by atoms with E-state index in [9.17, 15) is 14.4 Å². The Morgan fingerprint density at radius 3 is 2.37 bits per heavy atom. The fourth-order valence-electron chi connectivity index (χ4n) is 3.82. The Bertz CT molecular complexity index is 934. The molecule has 2 heterocycles. The highest BCUT2D eigenvalue weighted by Crippen LogP contribution is 2.37. The summed E-state index contributed by atoms with van der Waals surface area (Å²) < 4.78 is 0. The third kappa shape index (κ3) is 3.43. The Morgan fingerprint density at radius 2 is 1.63 bits per heavy atom. The molecule has 2 N–H and O–H groups in total.